The van der Waals surface area contributed by atoms with Crippen LogP contribution in [0.2, 0.25) is 0 Å². The van der Waals surface area contributed by atoms with Crippen LogP contribution in [0.25, 0.3) is 10.9 Å². The molecule has 1 aliphatic rings. The van der Waals surface area contributed by atoms with E-state index in [4.69, 9.17) is 9.47 Å². The summed E-state index contributed by atoms with van der Waals surface area (Å²) in [5, 5.41) is 13.8. The SMILES string of the molecule is CC[C@@H](c1nnnn1C[C@H]1CCCO1)N(Cc1ccccc1OC)Cc1cc2cc(C)cc(C)c2[nH]c1=O. The van der Waals surface area contributed by atoms with Crippen molar-refractivity contribution in [3.8, 4) is 5.75 Å². The van der Waals surface area contributed by atoms with Crippen LogP contribution in [0.4, 0.5) is 0 Å². The van der Waals surface area contributed by atoms with E-state index in [2.05, 4.69) is 57.5 Å². The van der Waals surface area contributed by atoms with Gasteiger partial charge in [0.05, 0.1) is 31.3 Å². The smallest absolute Gasteiger partial charge is 0.252 e. The highest BCUT2D eigenvalue weighted by Gasteiger charge is 2.28. The summed E-state index contributed by atoms with van der Waals surface area (Å²) in [6.07, 6.45) is 2.95. The topological polar surface area (TPSA) is 98.2 Å². The Hall–Kier alpha value is -3.56. The van der Waals surface area contributed by atoms with Crippen LogP contribution in [-0.4, -0.2) is 49.9 Å². The molecule has 2 aromatic carbocycles. The van der Waals surface area contributed by atoms with E-state index >= 15 is 0 Å². The number of para-hydroxylation sites is 1. The third kappa shape index (κ3) is 5.49. The minimum absolute atomic E-state index is 0.0803. The van der Waals surface area contributed by atoms with Gasteiger partial charge in [0.1, 0.15) is 5.75 Å². The molecular weight excluding hydrogens is 480 g/mol. The summed E-state index contributed by atoms with van der Waals surface area (Å²) >= 11 is 0. The monoisotopic (exact) mass is 516 g/mol. The molecule has 200 valence electrons. The third-order valence-corrected chi connectivity index (χ3v) is 7.40. The molecule has 4 aromatic rings. The fraction of sp³-hybridized carbons (Fsp3) is 0.448. The summed E-state index contributed by atoms with van der Waals surface area (Å²) in [5.74, 6) is 1.59. The van der Waals surface area contributed by atoms with Gasteiger partial charge in [0.15, 0.2) is 5.82 Å². The predicted molar refractivity (Wildman–Crippen MR) is 146 cm³/mol. The van der Waals surface area contributed by atoms with Crippen molar-refractivity contribution in [1.29, 1.82) is 0 Å². The maximum atomic E-state index is 13.3. The Morgan fingerprint density at radius 2 is 2.00 bits per heavy atom. The van der Waals surface area contributed by atoms with Crippen LogP contribution >= 0.6 is 0 Å². The van der Waals surface area contributed by atoms with Crippen molar-refractivity contribution in [2.24, 2.45) is 0 Å². The Morgan fingerprint density at radius 3 is 2.76 bits per heavy atom. The normalized spacial score (nSPS) is 16.4. The predicted octanol–water partition coefficient (Wildman–Crippen LogP) is 4.47. The number of aromatic nitrogens is 5. The molecule has 1 fully saturated rings. The van der Waals surface area contributed by atoms with Gasteiger partial charge in [0.25, 0.3) is 5.56 Å². The van der Waals surface area contributed by atoms with Gasteiger partial charge in [-0.05, 0) is 72.7 Å². The number of nitrogens with one attached hydrogen (secondary N) is 1. The zero-order valence-corrected chi connectivity index (χ0v) is 22.6. The number of H-pyrrole nitrogens is 1. The van der Waals surface area contributed by atoms with Gasteiger partial charge < -0.3 is 14.5 Å². The average Bonchev–Trinajstić information content (AvgIpc) is 3.59. The van der Waals surface area contributed by atoms with Gasteiger partial charge in [-0.15, -0.1) is 5.10 Å². The number of ether oxygens (including phenoxy) is 2. The molecule has 0 saturated carbocycles. The zero-order valence-electron chi connectivity index (χ0n) is 22.6. The van der Waals surface area contributed by atoms with E-state index in [1.165, 1.54) is 5.56 Å². The molecule has 0 radical (unpaired) electrons. The van der Waals surface area contributed by atoms with Crippen molar-refractivity contribution >= 4 is 10.9 Å². The van der Waals surface area contributed by atoms with Gasteiger partial charge >= 0.3 is 0 Å². The molecule has 9 heteroatoms. The minimum atomic E-state index is -0.120. The number of fused-ring (bicyclic) bond motifs is 1. The molecule has 0 unspecified atom stereocenters. The number of hydrogen-bond donors (Lipinski definition) is 1. The Bertz CT molecular complexity index is 1460. The van der Waals surface area contributed by atoms with Crippen LogP contribution in [0.15, 0.2) is 47.3 Å². The van der Waals surface area contributed by atoms with Crippen molar-refractivity contribution in [2.45, 2.75) is 71.8 Å². The number of aryl methyl sites for hydroxylation is 2. The van der Waals surface area contributed by atoms with E-state index in [1.807, 2.05) is 35.9 Å². The molecule has 0 spiro atoms. The summed E-state index contributed by atoms with van der Waals surface area (Å²) in [7, 11) is 1.68. The first kappa shape index (κ1) is 26.1. The first-order chi connectivity index (χ1) is 18.5. The van der Waals surface area contributed by atoms with Crippen LogP contribution in [0, 0.1) is 13.8 Å². The lowest BCUT2D eigenvalue weighted by Crippen LogP contribution is -2.33. The molecule has 5 rings (SSSR count). The highest BCUT2D eigenvalue weighted by molar-refractivity contribution is 5.82. The maximum absolute atomic E-state index is 13.3. The Balaban J connectivity index is 1.54. The van der Waals surface area contributed by atoms with E-state index in [-0.39, 0.29) is 17.7 Å². The summed E-state index contributed by atoms with van der Waals surface area (Å²) in [6.45, 7) is 8.63. The number of aromatic amines is 1. The van der Waals surface area contributed by atoms with Crippen LogP contribution in [0.5, 0.6) is 5.75 Å². The van der Waals surface area contributed by atoms with Crippen LogP contribution in [-0.2, 0) is 24.4 Å². The molecule has 2 atom stereocenters. The van der Waals surface area contributed by atoms with Crippen molar-refractivity contribution in [2.75, 3.05) is 13.7 Å². The number of rotatable bonds is 10. The summed E-state index contributed by atoms with van der Waals surface area (Å²) in [6, 6.07) is 14.1. The molecule has 9 nitrogen and oxygen atoms in total. The first-order valence-corrected chi connectivity index (χ1v) is 13.3. The van der Waals surface area contributed by atoms with Gasteiger partial charge in [-0.2, -0.15) is 0 Å². The van der Waals surface area contributed by atoms with Crippen LogP contribution in [0.1, 0.15) is 60.3 Å². The second-order valence-corrected chi connectivity index (χ2v) is 10.2. The molecular formula is C29H36N6O3. The van der Waals surface area contributed by atoms with Crippen molar-refractivity contribution < 1.29 is 9.47 Å². The third-order valence-electron chi connectivity index (χ3n) is 7.40. The van der Waals surface area contributed by atoms with Crippen LogP contribution < -0.4 is 10.3 Å². The largest absolute Gasteiger partial charge is 0.496 e. The Morgan fingerprint density at radius 1 is 1.18 bits per heavy atom. The number of benzene rings is 2. The van der Waals surface area contributed by atoms with Gasteiger partial charge in [-0.1, -0.05) is 36.8 Å². The average molecular weight is 517 g/mol. The highest BCUT2D eigenvalue weighted by atomic mass is 16.5. The van der Waals surface area contributed by atoms with E-state index < -0.39 is 0 Å². The fourth-order valence-electron chi connectivity index (χ4n) is 5.56. The molecule has 1 saturated heterocycles. The molecule has 2 aromatic heterocycles. The van der Waals surface area contributed by atoms with Gasteiger partial charge in [-0.25, -0.2) is 4.68 Å². The summed E-state index contributed by atoms with van der Waals surface area (Å²) in [4.78, 5) is 18.7. The molecule has 0 bridgehead atoms. The molecule has 3 heterocycles. The van der Waals surface area contributed by atoms with E-state index in [1.54, 1.807) is 7.11 Å². The van der Waals surface area contributed by atoms with Gasteiger partial charge in [0.2, 0.25) is 0 Å². The number of methoxy groups -OCH3 is 1. The van der Waals surface area contributed by atoms with Gasteiger partial charge in [-0.3, -0.25) is 9.69 Å². The minimum Gasteiger partial charge on any atom is -0.496 e. The lowest BCUT2D eigenvalue weighted by atomic mass is 10.0. The zero-order chi connectivity index (χ0) is 26.6. The number of hydrogen-bond acceptors (Lipinski definition) is 7. The molecule has 0 aliphatic carbocycles. The molecule has 1 aliphatic heterocycles. The van der Waals surface area contributed by atoms with E-state index in [0.29, 0.717) is 25.2 Å². The maximum Gasteiger partial charge on any atom is 0.252 e. The first-order valence-electron chi connectivity index (χ1n) is 13.3. The molecule has 1 N–H and O–H groups in total. The van der Waals surface area contributed by atoms with Crippen molar-refractivity contribution in [1.82, 2.24) is 30.1 Å². The summed E-state index contributed by atoms with van der Waals surface area (Å²) in [5.41, 5.74) is 4.77. The van der Waals surface area contributed by atoms with Crippen molar-refractivity contribution in [3.05, 3.63) is 80.9 Å². The lowest BCUT2D eigenvalue weighted by Gasteiger charge is -2.31. The second-order valence-electron chi connectivity index (χ2n) is 10.2. The second kappa shape index (κ2) is 11.4. The molecule has 38 heavy (non-hydrogen) atoms. The van der Waals surface area contributed by atoms with E-state index in [0.717, 1.165) is 59.5 Å². The molecule has 0 amide bonds. The van der Waals surface area contributed by atoms with Crippen LogP contribution in [0.3, 0.4) is 0 Å². The fourth-order valence-corrected chi connectivity index (χ4v) is 5.56. The van der Waals surface area contributed by atoms with Gasteiger partial charge in [0, 0.05) is 30.8 Å². The van der Waals surface area contributed by atoms with Crippen molar-refractivity contribution in [3.63, 3.8) is 0 Å². The highest BCUT2D eigenvalue weighted by Crippen LogP contribution is 2.30. The van der Waals surface area contributed by atoms with E-state index in [9.17, 15) is 4.79 Å². The quantitative estimate of drug-likeness (QED) is 0.332. The summed E-state index contributed by atoms with van der Waals surface area (Å²) < 4.78 is 13.4. The Kier molecular flexibility index (Phi) is 7.85. The Labute approximate surface area is 222 Å². The number of tetrazole rings is 1. The number of nitrogens with zero attached hydrogens (tertiary/aromatic N) is 5. The number of pyridine rings is 1. The standard InChI is InChI=1S/C29H36N6O3/c1-5-25(28-31-32-33-35(28)18-24-10-8-12-38-24)34(16-21-9-6-7-11-26(21)37-4)17-23-15-22-14-19(2)13-20(3)27(22)30-29(23)36/h6-7,9,11,13-15,24-25H,5,8,10,12,16-18H2,1-4H3,(H,30,36)/t24-,25+/m1/s1. The lowest BCUT2D eigenvalue weighted by molar-refractivity contribution is 0.0887.